The van der Waals surface area contributed by atoms with Crippen molar-refractivity contribution in [2.24, 2.45) is 5.92 Å². The van der Waals surface area contributed by atoms with Gasteiger partial charge in [0.2, 0.25) is 0 Å². The van der Waals surface area contributed by atoms with Gasteiger partial charge in [-0.25, -0.2) is 19.0 Å². The Morgan fingerprint density at radius 1 is 1.03 bits per heavy atom. The second-order valence-electron chi connectivity index (χ2n) is 9.00. The first-order valence-corrected chi connectivity index (χ1v) is 12.6. The van der Waals surface area contributed by atoms with E-state index in [1.54, 1.807) is 47.4 Å². The summed E-state index contributed by atoms with van der Waals surface area (Å²) in [6.45, 7) is 1.66. The van der Waals surface area contributed by atoms with E-state index in [9.17, 15) is 14.0 Å². The lowest BCUT2D eigenvalue weighted by Crippen LogP contribution is -2.49. The topological polar surface area (TPSA) is 98.8 Å². The summed E-state index contributed by atoms with van der Waals surface area (Å²) < 4.78 is 17.0. The van der Waals surface area contributed by atoms with Crippen LogP contribution in [-0.2, 0) is 12.3 Å². The Hall–Kier alpha value is -3.86. The monoisotopic (exact) mass is 503 g/mol. The first kappa shape index (κ1) is 22.6. The van der Waals surface area contributed by atoms with Crippen molar-refractivity contribution < 1.29 is 9.18 Å². The third kappa shape index (κ3) is 4.19. The van der Waals surface area contributed by atoms with Gasteiger partial charge < -0.3 is 9.47 Å². The standard InChI is InChI=1S/C25H22FN7O2S/c26-18-5-7-19(8-6-18)33-21(15-36-25-27-9-2-10-28-25)23(29-30-33)24(35)31-12-16-11-17(14-31)20-3-1-4-22(34)32(20)13-16/h1-10,16-17H,11-15H2. The van der Waals surface area contributed by atoms with Crippen molar-refractivity contribution in [1.82, 2.24) is 34.4 Å². The van der Waals surface area contributed by atoms with Crippen LogP contribution in [0.15, 0.2) is 70.9 Å². The van der Waals surface area contributed by atoms with Crippen LogP contribution >= 0.6 is 11.8 Å². The van der Waals surface area contributed by atoms with Gasteiger partial charge in [0.1, 0.15) is 5.82 Å². The molecule has 2 bridgehead atoms. The number of hydrogen-bond acceptors (Lipinski definition) is 7. The van der Waals surface area contributed by atoms with Crippen molar-refractivity contribution in [2.75, 3.05) is 13.1 Å². The molecule has 2 atom stereocenters. The number of fused-ring (bicyclic) bond motifs is 4. The number of piperidine rings is 1. The van der Waals surface area contributed by atoms with Gasteiger partial charge in [0.15, 0.2) is 10.9 Å². The molecule has 0 spiro atoms. The van der Waals surface area contributed by atoms with Crippen LogP contribution in [0.3, 0.4) is 0 Å². The molecule has 1 aromatic carbocycles. The zero-order valence-electron chi connectivity index (χ0n) is 19.2. The number of pyridine rings is 1. The SMILES string of the molecule is O=C(c1nnn(-c2ccc(F)cc2)c1CSc1ncccn1)N1CC2CC(C1)c1cccc(=O)n1C2. The number of carbonyl (C=O) groups excluding carboxylic acids is 1. The summed E-state index contributed by atoms with van der Waals surface area (Å²) in [5, 5.41) is 9.10. The lowest BCUT2D eigenvalue weighted by Gasteiger charge is -2.42. The molecule has 182 valence electrons. The molecule has 3 aromatic heterocycles. The average Bonchev–Trinajstić information content (AvgIpc) is 3.32. The Labute approximate surface area is 210 Å². The summed E-state index contributed by atoms with van der Waals surface area (Å²) in [4.78, 5) is 36.5. The smallest absolute Gasteiger partial charge is 0.276 e. The molecule has 6 rings (SSSR count). The molecule has 0 N–H and O–H groups in total. The summed E-state index contributed by atoms with van der Waals surface area (Å²) in [5.74, 6) is 0.0902. The third-order valence-electron chi connectivity index (χ3n) is 6.68. The van der Waals surface area contributed by atoms with Crippen LogP contribution in [-0.4, -0.2) is 53.4 Å². The number of carbonyl (C=O) groups is 1. The zero-order valence-corrected chi connectivity index (χ0v) is 20.0. The molecule has 5 heterocycles. The van der Waals surface area contributed by atoms with Gasteiger partial charge >= 0.3 is 0 Å². The molecular formula is C25H22FN7O2S. The first-order chi connectivity index (χ1) is 17.6. The van der Waals surface area contributed by atoms with Crippen LogP contribution in [0.25, 0.3) is 5.69 Å². The van der Waals surface area contributed by atoms with Gasteiger partial charge in [0.25, 0.3) is 11.5 Å². The Morgan fingerprint density at radius 3 is 2.64 bits per heavy atom. The van der Waals surface area contributed by atoms with Crippen molar-refractivity contribution in [3.63, 3.8) is 0 Å². The minimum Gasteiger partial charge on any atom is -0.336 e. The average molecular weight is 504 g/mol. The number of aromatic nitrogens is 6. The van der Waals surface area contributed by atoms with Gasteiger partial charge in [-0.1, -0.05) is 23.0 Å². The van der Waals surface area contributed by atoms with E-state index in [2.05, 4.69) is 20.3 Å². The summed E-state index contributed by atoms with van der Waals surface area (Å²) >= 11 is 1.37. The van der Waals surface area contributed by atoms with Gasteiger partial charge in [0, 0.05) is 55.5 Å². The molecule has 4 aromatic rings. The van der Waals surface area contributed by atoms with Gasteiger partial charge in [-0.2, -0.15) is 0 Å². The predicted octanol–water partition coefficient (Wildman–Crippen LogP) is 2.91. The molecule has 0 saturated carbocycles. The minimum atomic E-state index is -0.358. The van der Waals surface area contributed by atoms with Gasteiger partial charge in [-0.15, -0.1) is 5.10 Å². The lowest BCUT2D eigenvalue weighted by molar-refractivity contribution is 0.0588. The number of likely N-dealkylation sites (tertiary alicyclic amines) is 1. The third-order valence-corrected chi connectivity index (χ3v) is 7.57. The van der Waals surface area contributed by atoms with Crippen molar-refractivity contribution in [3.05, 3.63) is 94.2 Å². The molecule has 2 aliphatic heterocycles. The first-order valence-electron chi connectivity index (χ1n) is 11.7. The molecule has 2 unspecified atom stereocenters. The van der Waals surface area contributed by atoms with E-state index in [4.69, 9.17) is 0 Å². The Morgan fingerprint density at radius 2 is 1.83 bits per heavy atom. The van der Waals surface area contributed by atoms with E-state index < -0.39 is 0 Å². The summed E-state index contributed by atoms with van der Waals surface area (Å²) in [6, 6.07) is 13.0. The Balaban J connectivity index is 1.32. The second kappa shape index (κ2) is 9.30. The molecule has 9 nitrogen and oxygen atoms in total. The maximum absolute atomic E-state index is 13.8. The summed E-state index contributed by atoms with van der Waals surface area (Å²) in [6.07, 6.45) is 4.27. The zero-order chi connectivity index (χ0) is 24.6. The molecule has 1 fully saturated rings. The number of nitrogens with zero attached hydrogens (tertiary/aromatic N) is 7. The number of halogens is 1. The van der Waals surface area contributed by atoms with E-state index in [-0.39, 0.29) is 34.8 Å². The normalized spacial score (nSPS) is 18.6. The highest BCUT2D eigenvalue weighted by atomic mass is 32.2. The van der Waals surface area contributed by atoms with Crippen molar-refractivity contribution in [3.8, 4) is 5.69 Å². The van der Waals surface area contributed by atoms with Crippen LogP contribution in [0.1, 0.15) is 34.2 Å². The van der Waals surface area contributed by atoms with E-state index in [1.807, 2.05) is 15.5 Å². The number of hydrogen-bond donors (Lipinski definition) is 0. The lowest BCUT2D eigenvalue weighted by atomic mass is 9.83. The maximum atomic E-state index is 13.8. The van der Waals surface area contributed by atoms with Crippen molar-refractivity contribution >= 4 is 17.7 Å². The molecule has 0 aliphatic carbocycles. The van der Waals surface area contributed by atoms with Gasteiger partial charge in [-0.3, -0.25) is 9.59 Å². The van der Waals surface area contributed by atoms with Crippen molar-refractivity contribution in [1.29, 1.82) is 0 Å². The fourth-order valence-electron chi connectivity index (χ4n) is 5.09. The highest BCUT2D eigenvalue weighted by Crippen LogP contribution is 2.36. The summed E-state index contributed by atoms with van der Waals surface area (Å²) in [5.41, 5.74) is 2.44. The number of rotatable bonds is 5. The fraction of sp³-hybridized carbons (Fsp3) is 0.280. The van der Waals surface area contributed by atoms with Crippen LogP contribution in [0.5, 0.6) is 0 Å². The van der Waals surface area contributed by atoms with Crippen LogP contribution in [0.4, 0.5) is 4.39 Å². The summed E-state index contributed by atoms with van der Waals surface area (Å²) in [7, 11) is 0. The van der Waals surface area contributed by atoms with E-state index in [0.717, 1.165) is 12.1 Å². The molecule has 0 radical (unpaired) electrons. The van der Waals surface area contributed by atoms with E-state index >= 15 is 0 Å². The minimum absolute atomic E-state index is 0.00617. The van der Waals surface area contributed by atoms with Gasteiger partial charge in [0.05, 0.1) is 11.4 Å². The molecule has 1 saturated heterocycles. The number of amides is 1. The molecule has 1 amide bonds. The van der Waals surface area contributed by atoms with Crippen LogP contribution in [0, 0.1) is 11.7 Å². The number of thioether (sulfide) groups is 1. The molecule has 36 heavy (non-hydrogen) atoms. The highest BCUT2D eigenvalue weighted by Gasteiger charge is 2.38. The Kier molecular flexibility index (Phi) is 5.84. The maximum Gasteiger partial charge on any atom is 0.276 e. The molecule has 2 aliphatic rings. The van der Waals surface area contributed by atoms with E-state index in [1.165, 1.54) is 23.9 Å². The van der Waals surface area contributed by atoms with E-state index in [0.29, 0.717) is 41.9 Å². The molecule has 11 heteroatoms. The number of benzene rings is 1. The van der Waals surface area contributed by atoms with Crippen LogP contribution in [0.2, 0.25) is 0 Å². The van der Waals surface area contributed by atoms with Crippen molar-refractivity contribution in [2.45, 2.75) is 29.8 Å². The molecular weight excluding hydrogens is 481 g/mol. The quantitative estimate of drug-likeness (QED) is 0.305. The fourth-order valence-corrected chi connectivity index (χ4v) is 5.89. The highest BCUT2D eigenvalue weighted by molar-refractivity contribution is 7.98. The largest absolute Gasteiger partial charge is 0.336 e. The predicted molar refractivity (Wildman–Crippen MR) is 130 cm³/mol. The van der Waals surface area contributed by atoms with Gasteiger partial charge in [-0.05, 0) is 48.7 Å². The Bertz CT molecular complexity index is 1470. The second-order valence-corrected chi connectivity index (χ2v) is 9.94. The van der Waals surface area contributed by atoms with Crippen LogP contribution < -0.4 is 5.56 Å².